The largest absolute Gasteiger partial charge is 0.462 e. The van der Waals surface area contributed by atoms with Crippen LogP contribution in [0.15, 0.2) is 18.3 Å². The van der Waals surface area contributed by atoms with Gasteiger partial charge < -0.3 is 10.5 Å². The number of pyridine rings is 1. The average Bonchev–Trinajstić information content (AvgIpc) is 2.35. The highest BCUT2D eigenvalue weighted by atomic mass is 16.5. The fourth-order valence-electron chi connectivity index (χ4n) is 2.26. The molecule has 0 aromatic carbocycles. The smallest absolute Gasteiger partial charge is 0.312 e. The summed E-state index contributed by atoms with van der Waals surface area (Å²) in [6.07, 6.45) is 6.17. The van der Waals surface area contributed by atoms with Crippen molar-refractivity contribution < 1.29 is 9.53 Å². The van der Waals surface area contributed by atoms with Crippen LogP contribution in [0.5, 0.6) is 0 Å². The zero-order valence-electron chi connectivity index (χ0n) is 10.8. The lowest BCUT2D eigenvalue weighted by Crippen LogP contribution is -2.24. The summed E-state index contributed by atoms with van der Waals surface area (Å²) in [7, 11) is 0. The van der Waals surface area contributed by atoms with Gasteiger partial charge in [-0.25, -0.2) is 0 Å². The molecule has 1 saturated carbocycles. The predicted molar refractivity (Wildman–Crippen MR) is 69.9 cm³/mol. The van der Waals surface area contributed by atoms with Gasteiger partial charge >= 0.3 is 5.97 Å². The van der Waals surface area contributed by atoms with Gasteiger partial charge in [0.25, 0.3) is 0 Å². The quantitative estimate of drug-likeness (QED) is 0.834. The van der Waals surface area contributed by atoms with Crippen molar-refractivity contribution in [1.82, 2.24) is 4.98 Å². The summed E-state index contributed by atoms with van der Waals surface area (Å²) in [5.41, 5.74) is 6.85. The maximum atomic E-state index is 11.8. The van der Waals surface area contributed by atoms with E-state index in [1.807, 2.05) is 0 Å². The fraction of sp³-hybridized carbons (Fsp3) is 0.571. The molecule has 1 aromatic rings. The van der Waals surface area contributed by atoms with Gasteiger partial charge in [0.05, 0.1) is 24.0 Å². The highest BCUT2D eigenvalue weighted by molar-refractivity contribution is 5.72. The number of aromatic nitrogens is 1. The molecule has 2 rings (SSSR count). The van der Waals surface area contributed by atoms with Crippen LogP contribution >= 0.6 is 0 Å². The molecule has 1 aliphatic carbocycles. The number of anilines is 1. The van der Waals surface area contributed by atoms with Crippen molar-refractivity contribution in [2.75, 3.05) is 5.73 Å². The number of esters is 1. The Morgan fingerprint density at radius 2 is 2.11 bits per heavy atom. The van der Waals surface area contributed by atoms with Crippen LogP contribution in [0.3, 0.4) is 0 Å². The molecule has 1 aromatic heterocycles. The van der Waals surface area contributed by atoms with Crippen molar-refractivity contribution in [2.45, 2.75) is 45.1 Å². The van der Waals surface area contributed by atoms with Gasteiger partial charge in [-0.3, -0.25) is 9.78 Å². The number of rotatable bonds is 3. The molecule has 0 amide bonds. The molecule has 0 saturated heterocycles. The summed E-state index contributed by atoms with van der Waals surface area (Å²) in [4.78, 5) is 15.9. The third-order valence-electron chi connectivity index (χ3n) is 3.43. The Kier molecular flexibility index (Phi) is 4.18. The van der Waals surface area contributed by atoms with Crippen LogP contribution in [0.4, 0.5) is 5.69 Å². The molecular weight excluding hydrogens is 228 g/mol. The Morgan fingerprint density at radius 3 is 2.72 bits per heavy atom. The minimum atomic E-state index is -0.188. The van der Waals surface area contributed by atoms with E-state index in [0.717, 1.165) is 31.6 Å². The molecule has 4 nitrogen and oxygen atoms in total. The Balaban J connectivity index is 1.80. The van der Waals surface area contributed by atoms with Crippen LogP contribution in [0.25, 0.3) is 0 Å². The lowest BCUT2D eigenvalue weighted by Gasteiger charge is -2.25. The number of carbonyl (C=O) groups is 1. The first-order valence-corrected chi connectivity index (χ1v) is 6.53. The Bertz CT molecular complexity index is 395. The topological polar surface area (TPSA) is 65.2 Å². The van der Waals surface area contributed by atoms with E-state index >= 15 is 0 Å². The van der Waals surface area contributed by atoms with Gasteiger partial charge in [-0.15, -0.1) is 0 Å². The molecule has 2 N–H and O–H groups in total. The Labute approximate surface area is 108 Å². The van der Waals surface area contributed by atoms with Gasteiger partial charge in [-0.1, -0.05) is 6.92 Å². The standard InChI is InChI=1S/C14H20N2O2/c1-10-2-6-13(7-3-10)18-14(17)8-12-5-4-11(15)9-16-12/h4-5,9-10,13H,2-3,6-8,15H2,1H3. The highest BCUT2D eigenvalue weighted by Crippen LogP contribution is 2.25. The minimum Gasteiger partial charge on any atom is -0.462 e. The number of ether oxygens (including phenoxy) is 1. The van der Waals surface area contributed by atoms with Gasteiger partial charge in [0.15, 0.2) is 0 Å². The lowest BCUT2D eigenvalue weighted by atomic mass is 9.89. The van der Waals surface area contributed by atoms with Crippen LogP contribution in [0.2, 0.25) is 0 Å². The number of hydrogen-bond acceptors (Lipinski definition) is 4. The van der Waals surface area contributed by atoms with Crippen molar-refractivity contribution in [3.05, 3.63) is 24.0 Å². The van der Waals surface area contributed by atoms with Gasteiger partial charge in [0, 0.05) is 0 Å². The Hall–Kier alpha value is -1.58. The van der Waals surface area contributed by atoms with E-state index in [2.05, 4.69) is 11.9 Å². The molecule has 18 heavy (non-hydrogen) atoms. The monoisotopic (exact) mass is 248 g/mol. The van der Waals surface area contributed by atoms with Crippen molar-refractivity contribution in [1.29, 1.82) is 0 Å². The Morgan fingerprint density at radius 1 is 1.39 bits per heavy atom. The molecule has 0 spiro atoms. The van der Waals surface area contributed by atoms with E-state index in [1.165, 1.54) is 0 Å². The van der Waals surface area contributed by atoms with Gasteiger partial charge in [0.2, 0.25) is 0 Å². The first kappa shape index (κ1) is 12.9. The molecular formula is C14H20N2O2. The lowest BCUT2D eigenvalue weighted by molar-refractivity contribution is -0.150. The molecule has 0 radical (unpaired) electrons. The second-order valence-corrected chi connectivity index (χ2v) is 5.13. The molecule has 4 heteroatoms. The van der Waals surface area contributed by atoms with E-state index in [4.69, 9.17) is 10.5 Å². The van der Waals surface area contributed by atoms with Crippen LogP contribution in [-0.4, -0.2) is 17.1 Å². The first-order chi connectivity index (χ1) is 8.63. The zero-order chi connectivity index (χ0) is 13.0. The molecule has 0 atom stereocenters. The normalized spacial score (nSPS) is 23.6. The van der Waals surface area contributed by atoms with Gasteiger partial charge in [0.1, 0.15) is 6.10 Å². The predicted octanol–water partition coefficient (Wildman–Crippen LogP) is 2.33. The molecule has 1 heterocycles. The third-order valence-corrected chi connectivity index (χ3v) is 3.43. The van der Waals surface area contributed by atoms with Crippen LogP contribution < -0.4 is 5.73 Å². The molecule has 0 bridgehead atoms. The second kappa shape index (κ2) is 5.85. The van der Waals surface area contributed by atoms with Gasteiger partial charge in [-0.2, -0.15) is 0 Å². The summed E-state index contributed by atoms with van der Waals surface area (Å²) in [6, 6.07) is 3.51. The molecule has 0 aliphatic heterocycles. The molecule has 0 unspecified atom stereocenters. The third kappa shape index (κ3) is 3.72. The summed E-state index contributed by atoms with van der Waals surface area (Å²) < 4.78 is 5.46. The minimum absolute atomic E-state index is 0.0995. The molecule has 1 aliphatic rings. The SMILES string of the molecule is CC1CCC(OC(=O)Cc2ccc(N)cn2)CC1. The van der Waals surface area contributed by atoms with Crippen molar-refractivity contribution in [2.24, 2.45) is 5.92 Å². The summed E-state index contributed by atoms with van der Waals surface area (Å²) in [5, 5.41) is 0. The maximum absolute atomic E-state index is 11.8. The summed E-state index contributed by atoms with van der Waals surface area (Å²) in [6.45, 7) is 2.25. The maximum Gasteiger partial charge on any atom is 0.312 e. The number of nitrogens with zero attached hydrogens (tertiary/aromatic N) is 1. The second-order valence-electron chi connectivity index (χ2n) is 5.13. The molecule has 1 fully saturated rings. The fourth-order valence-corrected chi connectivity index (χ4v) is 2.26. The highest BCUT2D eigenvalue weighted by Gasteiger charge is 2.21. The van der Waals surface area contributed by atoms with Crippen LogP contribution in [0, 0.1) is 5.92 Å². The number of carbonyl (C=O) groups excluding carboxylic acids is 1. The average molecular weight is 248 g/mol. The van der Waals surface area contributed by atoms with E-state index < -0.39 is 0 Å². The van der Waals surface area contributed by atoms with E-state index in [0.29, 0.717) is 11.4 Å². The number of hydrogen-bond donors (Lipinski definition) is 1. The van der Waals surface area contributed by atoms with Crippen LogP contribution in [-0.2, 0) is 16.0 Å². The van der Waals surface area contributed by atoms with Crippen molar-refractivity contribution >= 4 is 11.7 Å². The van der Waals surface area contributed by atoms with Gasteiger partial charge in [-0.05, 0) is 43.7 Å². The molecule has 98 valence electrons. The van der Waals surface area contributed by atoms with Crippen molar-refractivity contribution in [3.63, 3.8) is 0 Å². The van der Waals surface area contributed by atoms with Crippen LogP contribution in [0.1, 0.15) is 38.3 Å². The number of nitrogen functional groups attached to an aromatic ring is 1. The van der Waals surface area contributed by atoms with Crippen molar-refractivity contribution in [3.8, 4) is 0 Å². The number of nitrogens with two attached hydrogens (primary N) is 1. The van der Waals surface area contributed by atoms with E-state index in [-0.39, 0.29) is 18.5 Å². The zero-order valence-corrected chi connectivity index (χ0v) is 10.8. The van der Waals surface area contributed by atoms with E-state index in [1.54, 1.807) is 18.3 Å². The summed E-state index contributed by atoms with van der Waals surface area (Å²) >= 11 is 0. The summed E-state index contributed by atoms with van der Waals surface area (Å²) in [5.74, 6) is 0.575. The first-order valence-electron chi connectivity index (χ1n) is 6.53. The van der Waals surface area contributed by atoms with E-state index in [9.17, 15) is 4.79 Å².